The summed E-state index contributed by atoms with van der Waals surface area (Å²) in [6, 6.07) is 4.10. The molecule has 2 heterocycles. The van der Waals surface area contributed by atoms with Crippen LogP contribution in [-0.2, 0) is 10.6 Å². The van der Waals surface area contributed by atoms with E-state index in [1.54, 1.807) is 7.11 Å². The maximum absolute atomic E-state index is 5.82. The molecule has 1 fully saturated rings. The van der Waals surface area contributed by atoms with Crippen molar-refractivity contribution in [2.24, 2.45) is 0 Å². The van der Waals surface area contributed by atoms with Crippen molar-refractivity contribution in [2.45, 2.75) is 25.3 Å². The molecule has 0 radical (unpaired) electrons. The van der Waals surface area contributed by atoms with Crippen LogP contribution in [0.15, 0.2) is 12.1 Å². The second-order valence-electron chi connectivity index (χ2n) is 4.14. The van der Waals surface area contributed by atoms with E-state index in [9.17, 15) is 0 Å². The van der Waals surface area contributed by atoms with Gasteiger partial charge in [0, 0.05) is 31.8 Å². The van der Waals surface area contributed by atoms with Gasteiger partial charge in [0.1, 0.15) is 5.82 Å². The van der Waals surface area contributed by atoms with Gasteiger partial charge in [-0.2, -0.15) is 0 Å². The van der Waals surface area contributed by atoms with Gasteiger partial charge < -0.3 is 9.64 Å². The number of nitrogens with zero attached hydrogens (tertiary/aromatic N) is 2. The van der Waals surface area contributed by atoms with Crippen LogP contribution in [0, 0.1) is 6.92 Å². The zero-order valence-electron chi connectivity index (χ0n) is 9.74. The molecule has 3 nitrogen and oxygen atoms in total. The van der Waals surface area contributed by atoms with Crippen LogP contribution in [0.4, 0.5) is 5.82 Å². The lowest BCUT2D eigenvalue weighted by atomic mass is 10.2. The number of hydrogen-bond donors (Lipinski definition) is 0. The fourth-order valence-electron chi connectivity index (χ4n) is 2.02. The summed E-state index contributed by atoms with van der Waals surface area (Å²) in [6.45, 7) is 3.96. The molecule has 0 N–H and O–H groups in total. The van der Waals surface area contributed by atoms with E-state index in [0.717, 1.165) is 36.6 Å². The summed E-state index contributed by atoms with van der Waals surface area (Å²) in [5.74, 6) is 1.56. The highest BCUT2D eigenvalue weighted by Gasteiger charge is 2.23. The molecule has 4 heteroatoms. The molecule has 1 aliphatic rings. The number of anilines is 1. The Kier molecular flexibility index (Phi) is 3.66. The van der Waals surface area contributed by atoms with Crippen LogP contribution in [-0.4, -0.2) is 31.3 Å². The molecule has 88 valence electrons. The molecule has 2 rings (SSSR count). The van der Waals surface area contributed by atoms with Crippen LogP contribution in [0.5, 0.6) is 0 Å². The minimum Gasteiger partial charge on any atom is -0.380 e. The smallest absolute Gasteiger partial charge is 0.128 e. The normalized spacial score (nSPS) is 20.4. The third-order valence-corrected chi connectivity index (χ3v) is 3.41. The third kappa shape index (κ3) is 2.30. The second-order valence-corrected chi connectivity index (χ2v) is 4.41. The minimum atomic E-state index is 0.342. The number of alkyl halides is 1. The van der Waals surface area contributed by atoms with Crippen LogP contribution in [0.25, 0.3) is 0 Å². The molecule has 0 saturated carbocycles. The van der Waals surface area contributed by atoms with Crippen molar-refractivity contribution in [3.8, 4) is 0 Å². The van der Waals surface area contributed by atoms with Crippen LogP contribution in [0.2, 0.25) is 0 Å². The minimum absolute atomic E-state index is 0.342. The first kappa shape index (κ1) is 11.7. The molecular weight excluding hydrogens is 224 g/mol. The SMILES string of the molecule is COC1CCN(c2ccc(CCl)c(C)n2)C1. The summed E-state index contributed by atoms with van der Waals surface area (Å²) in [6.07, 6.45) is 1.42. The Hall–Kier alpha value is -0.800. The molecule has 1 saturated heterocycles. The predicted molar refractivity (Wildman–Crippen MR) is 66.2 cm³/mol. The first-order chi connectivity index (χ1) is 7.74. The van der Waals surface area contributed by atoms with Crippen LogP contribution in [0.3, 0.4) is 0 Å². The van der Waals surface area contributed by atoms with Crippen molar-refractivity contribution in [2.75, 3.05) is 25.1 Å². The monoisotopic (exact) mass is 240 g/mol. The average molecular weight is 241 g/mol. The number of rotatable bonds is 3. The molecule has 1 atom stereocenters. The lowest BCUT2D eigenvalue weighted by molar-refractivity contribution is 0.121. The maximum atomic E-state index is 5.82. The molecule has 0 bridgehead atoms. The number of halogens is 1. The van der Waals surface area contributed by atoms with E-state index in [1.807, 2.05) is 13.0 Å². The van der Waals surface area contributed by atoms with E-state index in [-0.39, 0.29) is 0 Å². The van der Waals surface area contributed by atoms with E-state index in [0.29, 0.717) is 12.0 Å². The molecule has 0 aromatic carbocycles. The van der Waals surface area contributed by atoms with E-state index < -0.39 is 0 Å². The Morgan fingerprint density at radius 2 is 2.38 bits per heavy atom. The number of aromatic nitrogens is 1. The summed E-state index contributed by atoms with van der Waals surface area (Å²) < 4.78 is 5.35. The molecule has 1 unspecified atom stereocenters. The number of pyridine rings is 1. The first-order valence-electron chi connectivity index (χ1n) is 5.55. The highest BCUT2D eigenvalue weighted by Crippen LogP contribution is 2.21. The third-order valence-electron chi connectivity index (χ3n) is 3.13. The summed E-state index contributed by atoms with van der Waals surface area (Å²) in [5.41, 5.74) is 2.13. The van der Waals surface area contributed by atoms with Gasteiger partial charge in [0.15, 0.2) is 0 Å². The van der Waals surface area contributed by atoms with E-state index >= 15 is 0 Å². The zero-order chi connectivity index (χ0) is 11.5. The van der Waals surface area contributed by atoms with Crippen LogP contribution < -0.4 is 4.90 Å². The molecule has 1 aromatic heterocycles. The second kappa shape index (κ2) is 5.02. The molecule has 0 aliphatic carbocycles. The van der Waals surface area contributed by atoms with Gasteiger partial charge in [-0.15, -0.1) is 11.6 Å². The fraction of sp³-hybridized carbons (Fsp3) is 0.583. The van der Waals surface area contributed by atoms with Gasteiger partial charge in [-0.1, -0.05) is 6.07 Å². The average Bonchev–Trinajstić information content (AvgIpc) is 2.77. The predicted octanol–water partition coefficient (Wildman–Crippen LogP) is 2.35. The number of ether oxygens (including phenoxy) is 1. The standard InChI is InChI=1S/C12H17ClN2O/c1-9-10(7-13)3-4-12(14-9)15-6-5-11(8-15)16-2/h3-4,11H,5-8H2,1-2H3. The van der Waals surface area contributed by atoms with Gasteiger partial charge in [0.25, 0.3) is 0 Å². The van der Waals surface area contributed by atoms with Crippen molar-refractivity contribution >= 4 is 17.4 Å². The highest BCUT2D eigenvalue weighted by atomic mass is 35.5. The van der Waals surface area contributed by atoms with Crippen molar-refractivity contribution in [3.63, 3.8) is 0 Å². The van der Waals surface area contributed by atoms with Crippen molar-refractivity contribution in [1.82, 2.24) is 4.98 Å². The summed E-state index contributed by atoms with van der Waals surface area (Å²) in [7, 11) is 1.77. The summed E-state index contributed by atoms with van der Waals surface area (Å²) in [4.78, 5) is 6.84. The topological polar surface area (TPSA) is 25.4 Å². The Morgan fingerprint density at radius 1 is 1.56 bits per heavy atom. The molecular formula is C12H17ClN2O. The van der Waals surface area contributed by atoms with Gasteiger partial charge in [-0.25, -0.2) is 4.98 Å². The lowest BCUT2D eigenvalue weighted by Gasteiger charge is -2.18. The Balaban J connectivity index is 2.13. The number of aryl methyl sites for hydroxylation is 1. The molecule has 16 heavy (non-hydrogen) atoms. The summed E-state index contributed by atoms with van der Waals surface area (Å²) >= 11 is 5.82. The quantitative estimate of drug-likeness (QED) is 0.759. The van der Waals surface area contributed by atoms with E-state index in [1.165, 1.54) is 0 Å². The molecule has 0 spiro atoms. The largest absolute Gasteiger partial charge is 0.380 e. The van der Waals surface area contributed by atoms with E-state index in [2.05, 4.69) is 16.0 Å². The number of methoxy groups -OCH3 is 1. The van der Waals surface area contributed by atoms with Crippen LogP contribution in [0.1, 0.15) is 17.7 Å². The Morgan fingerprint density at radius 3 is 2.94 bits per heavy atom. The van der Waals surface area contributed by atoms with Crippen molar-refractivity contribution < 1.29 is 4.74 Å². The van der Waals surface area contributed by atoms with Gasteiger partial charge in [-0.3, -0.25) is 0 Å². The van der Waals surface area contributed by atoms with Crippen molar-refractivity contribution in [3.05, 3.63) is 23.4 Å². The molecule has 1 aromatic rings. The molecule has 1 aliphatic heterocycles. The first-order valence-corrected chi connectivity index (χ1v) is 6.08. The molecule has 0 amide bonds. The number of hydrogen-bond acceptors (Lipinski definition) is 3. The van der Waals surface area contributed by atoms with Gasteiger partial charge >= 0.3 is 0 Å². The van der Waals surface area contributed by atoms with Gasteiger partial charge in [0.05, 0.1) is 6.10 Å². The van der Waals surface area contributed by atoms with Gasteiger partial charge in [0.2, 0.25) is 0 Å². The highest BCUT2D eigenvalue weighted by molar-refractivity contribution is 6.17. The van der Waals surface area contributed by atoms with Crippen LogP contribution >= 0.6 is 11.6 Å². The van der Waals surface area contributed by atoms with Crippen molar-refractivity contribution in [1.29, 1.82) is 0 Å². The van der Waals surface area contributed by atoms with Gasteiger partial charge in [-0.05, 0) is 25.0 Å². The maximum Gasteiger partial charge on any atom is 0.128 e. The lowest BCUT2D eigenvalue weighted by Crippen LogP contribution is -2.23. The summed E-state index contributed by atoms with van der Waals surface area (Å²) in [5, 5.41) is 0. The Labute approximate surface area is 101 Å². The van der Waals surface area contributed by atoms with E-state index in [4.69, 9.17) is 16.3 Å². The zero-order valence-corrected chi connectivity index (χ0v) is 10.5. The Bertz CT molecular complexity index is 370. The fourth-order valence-corrected chi connectivity index (χ4v) is 2.31.